The summed E-state index contributed by atoms with van der Waals surface area (Å²) in [7, 11) is 3.01. The van der Waals surface area contributed by atoms with E-state index in [4.69, 9.17) is 14.5 Å². The smallest absolute Gasteiger partial charge is 0.155 e. The number of hydroxylamine groups is 2. The second kappa shape index (κ2) is 9.69. The number of fused-ring (bicyclic) bond motifs is 3. The van der Waals surface area contributed by atoms with Gasteiger partial charge in [-0.15, -0.1) is 0 Å². The van der Waals surface area contributed by atoms with Crippen LogP contribution >= 0.6 is 0 Å². The van der Waals surface area contributed by atoms with Gasteiger partial charge >= 0.3 is 0 Å². The third kappa shape index (κ3) is 4.84. The van der Waals surface area contributed by atoms with Gasteiger partial charge in [0.25, 0.3) is 0 Å². The highest BCUT2D eigenvalue weighted by Crippen LogP contribution is 2.46. The number of rotatable bonds is 6. The van der Waals surface area contributed by atoms with Gasteiger partial charge in [-0.2, -0.15) is 5.06 Å². The summed E-state index contributed by atoms with van der Waals surface area (Å²) < 4.78 is 39.6. The van der Waals surface area contributed by atoms with Crippen molar-refractivity contribution in [2.24, 2.45) is 4.99 Å². The number of aliphatic hydroxyl groups is 1. The Morgan fingerprint density at radius 2 is 2.06 bits per heavy atom. The van der Waals surface area contributed by atoms with E-state index in [1.807, 2.05) is 13.0 Å². The van der Waals surface area contributed by atoms with Gasteiger partial charge in [-0.05, 0) is 56.9 Å². The molecular weight excluding hydrogens is 430 g/mol. The van der Waals surface area contributed by atoms with E-state index < -0.39 is 24.0 Å². The Labute approximate surface area is 191 Å². The molecule has 2 unspecified atom stereocenters. The molecule has 2 aromatic rings. The topological polar surface area (TPSA) is 74.5 Å². The van der Waals surface area contributed by atoms with Gasteiger partial charge in [-0.25, -0.2) is 8.78 Å². The average Bonchev–Trinajstić information content (AvgIpc) is 2.94. The average molecular weight is 459 g/mol. The van der Waals surface area contributed by atoms with E-state index in [-0.39, 0.29) is 5.56 Å². The first-order chi connectivity index (χ1) is 15.8. The van der Waals surface area contributed by atoms with E-state index in [1.54, 1.807) is 13.2 Å². The van der Waals surface area contributed by atoms with Crippen LogP contribution in [0.15, 0.2) is 40.9 Å². The first-order valence-electron chi connectivity index (χ1n) is 10.9. The van der Waals surface area contributed by atoms with E-state index in [9.17, 15) is 19.1 Å². The molecule has 8 heteroatoms. The molecule has 2 atom stereocenters. The minimum Gasteiger partial charge on any atom is -0.485 e. The SMILES string of the molecule is COCCC1=CC(C)=Nc2cc(C(O)N(C)O)c3c(c2C1)OC(c1ccc(F)cc1F)CC3. The molecule has 0 amide bonds. The van der Waals surface area contributed by atoms with E-state index in [1.165, 1.54) is 19.2 Å². The van der Waals surface area contributed by atoms with E-state index >= 15 is 0 Å². The number of benzene rings is 2. The van der Waals surface area contributed by atoms with Gasteiger partial charge < -0.3 is 19.8 Å². The molecule has 2 aromatic carbocycles. The lowest BCUT2D eigenvalue weighted by Crippen LogP contribution is -2.25. The zero-order valence-electron chi connectivity index (χ0n) is 18.9. The number of halogens is 2. The molecule has 2 heterocycles. The highest BCUT2D eigenvalue weighted by molar-refractivity contribution is 5.96. The lowest BCUT2D eigenvalue weighted by Gasteiger charge is -2.32. The molecule has 0 saturated heterocycles. The van der Waals surface area contributed by atoms with Gasteiger partial charge in [-0.3, -0.25) is 4.99 Å². The van der Waals surface area contributed by atoms with Gasteiger partial charge in [0, 0.05) is 54.8 Å². The largest absolute Gasteiger partial charge is 0.485 e. The number of aliphatic hydroxyl groups excluding tert-OH is 1. The number of ether oxygens (including phenoxy) is 2. The molecule has 2 aliphatic rings. The van der Waals surface area contributed by atoms with Crippen LogP contribution in [0.4, 0.5) is 14.5 Å². The molecule has 33 heavy (non-hydrogen) atoms. The van der Waals surface area contributed by atoms with Crippen molar-refractivity contribution in [3.8, 4) is 5.75 Å². The maximum absolute atomic E-state index is 14.5. The Balaban J connectivity index is 1.83. The molecule has 0 saturated carbocycles. The highest BCUT2D eigenvalue weighted by Gasteiger charge is 2.32. The van der Waals surface area contributed by atoms with Gasteiger partial charge in [0.15, 0.2) is 6.23 Å². The Kier molecular flexibility index (Phi) is 6.90. The molecule has 176 valence electrons. The summed E-state index contributed by atoms with van der Waals surface area (Å²) in [5.41, 5.74) is 4.91. The maximum Gasteiger partial charge on any atom is 0.155 e. The van der Waals surface area contributed by atoms with Gasteiger partial charge in [0.2, 0.25) is 0 Å². The molecule has 0 aromatic heterocycles. The number of allylic oxidation sites excluding steroid dienone is 1. The minimum absolute atomic E-state index is 0.282. The zero-order chi connectivity index (χ0) is 23.7. The zero-order valence-corrected chi connectivity index (χ0v) is 18.9. The number of hydrogen-bond acceptors (Lipinski definition) is 6. The van der Waals surface area contributed by atoms with Crippen molar-refractivity contribution in [2.45, 2.75) is 44.9 Å². The minimum atomic E-state index is -1.27. The van der Waals surface area contributed by atoms with E-state index in [0.29, 0.717) is 42.9 Å². The van der Waals surface area contributed by atoms with E-state index in [0.717, 1.165) is 40.0 Å². The normalized spacial score (nSPS) is 18.6. The Morgan fingerprint density at radius 3 is 2.76 bits per heavy atom. The molecule has 0 radical (unpaired) electrons. The molecule has 6 nitrogen and oxygen atoms in total. The summed E-state index contributed by atoms with van der Waals surface area (Å²) in [6.45, 7) is 2.46. The summed E-state index contributed by atoms with van der Waals surface area (Å²) in [5, 5.41) is 21.3. The molecule has 4 rings (SSSR count). The van der Waals surface area contributed by atoms with Crippen molar-refractivity contribution in [1.29, 1.82) is 0 Å². The highest BCUT2D eigenvalue weighted by atomic mass is 19.1. The fraction of sp³-hybridized carbons (Fsp3) is 0.400. The predicted octanol–water partition coefficient (Wildman–Crippen LogP) is 4.95. The molecular formula is C25H28F2N2O4. The first kappa shape index (κ1) is 23.5. The van der Waals surface area contributed by atoms with Crippen LogP contribution in [-0.4, -0.2) is 41.9 Å². The van der Waals surface area contributed by atoms with Crippen LogP contribution in [0.5, 0.6) is 5.75 Å². The fourth-order valence-electron chi connectivity index (χ4n) is 4.50. The summed E-state index contributed by atoms with van der Waals surface area (Å²) >= 11 is 0. The van der Waals surface area contributed by atoms with Gasteiger partial charge in [-0.1, -0.05) is 5.57 Å². The van der Waals surface area contributed by atoms with Crippen molar-refractivity contribution < 1.29 is 28.6 Å². The second-order valence-electron chi connectivity index (χ2n) is 8.50. The van der Waals surface area contributed by atoms with Crippen molar-refractivity contribution >= 4 is 11.4 Å². The van der Waals surface area contributed by atoms with Crippen LogP contribution in [0.2, 0.25) is 0 Å². The lowest BCUT2D eigenvalue weighted by atomic mass is 9.88. The number of nitrogens with zero attached hydrogens (tertiary/aromatic N) is 2. The maximum atomic E-state index is 14.5. The van der Waals surface area contributed by atoms with Crippen molar-refractivity contribution in [3.63, 3.8) is 0 Å². The standard InChI is InChI=1S/C25H28F2N2O4/c1-14-10-15(8-9-32-3)11-20-22(28-14)13-19(25(30)29(2)31)17-6-7-23(33-24(17)20)18-5-4-16(26)12-21(18)27/h4-5,10,12-13,23,25,30-31H,6-9,11H2,1-3H3. The molecule has 2 aliphatic heterocycles. The quantitative estimate of drug-likeness (QED) is 0.473. The summed E-state index contributed by atoms with van der Waals surface area (Å²) in [4.78, 5) is 4.72. The summed E-state index contributed by atoms with van der Waals surface area (Å²) in [5.74, 6) is -0.768. The van der Waals surface area contributed by atoms with Gasteiger partial charge in [0.05, 0.1) is 5.69 Å². The van der Waals surface area contributed by atoms with Crippen molar-refractivity contribution in [3.05, 3.63) is 69.8 Å². The second-order valence-corrected chi connectivity index (χ2v) is 8.50. The fourth-order valence-corrected chi connectivity index (χ4v) is 4.50. The molecule has 0 spiro atoms. The lowest BCUT2D eigenvalue weighted by molar-refractivity contribution is -0.180. The van der Waals surface area contributed by atoms with Crippen LogP contribution < -0.4 is 4.74 Å². The van der Waals surface area contributed by atoms with Crippen LogP contribution in [-0.2, 0) is 17.6 Å². The van der Waals surface area contributed by atoms with Crippen LogP contribution in [0, 0.1) is 11.6 Å². The molecule has 2 N–H and O–H groups in total. The number of methoxy groups -OCH3 is 1. The first-order valence-corrected chi connectivity index (χ1v) is 10.9. The van der Waals surface area contributed by atoms with Crippen molar-refractivity contribution in [2.75, 3.05) is 20.8 Å². The molecule has 0 aliphatic carbocycles. The Hall–Kier alpha value is -2.65. The Morgan fingerprint density at radius 1 is 1.27 bits per heavy atom. The van der Waals surface area contributed by atoms with Crippen LogP contribution in [0.25, 0.3) is 0 Å². The third-order valence-corrected chi connectivity index (χ3v) is 6.10. The van der Waals surface area contributed by atoms with E-state index in [2.05, 4.69) is 0 Å². The number of hydrogen-bond donors (Lipinski definition) is 2. The van der Waals surface area contributed by atoms with Crippen molar-refractivity contribution in [1.82, 2.24) is 5.06 Å². The summed E-state index contributed by atoms with van der Waals surface area (Å²) in [6.07, 6.45) is 2.35. The molecule has 0 fully saturated rings. The van der Waals surface area contributed by atoms with Crippen LogP contribution in [0.1, 0.15) is 54.4 Å². The monoisotopic (exact) mass is 458 g/mol. The Bertz CT molecular complexity index is 1110. The molecule has 0 bridgehead atoms. The van der Waals surface area contributed by atoms with Crippen LogP contribution in [0.3, 0.4) is 0 Å². The third-order valence-electron chi connectivity index (χ3n) is 6.10. The predicted molar refractivity (Wildman–Crippen MR) is 120 cm³/mol. The van der Waals surface area contributed by atoms with Gasteiger partial charge in [0.1, 0.15) is 23.5 Å². The number of aliphatic imine (C=N–C) groups is 1. The summed E-state index contributed by atoms with van der Waals surface area (Å²) in [6, 6.07) is 5.27.